The number of carbonyl (C=O) groups is 5. The standard InChI is InChI=1S/C37H51N3O8.C20H22N6O.ClH/c1-4-26(2)29-16-21-48-34-14-12-28(22-30(29)34)47-20-7-5-6-17-45-18-9-19-46-25-36(43)38-32-11-8-10-27(24-41)31(32)23-40(3)33-13-15-35(42)39-37(33)44;1-14(27)16-3-2-4-17(13-16)24-20(7-11-22-12-8-20)19-23-18(25-26-19)15-5-9-21-10-6-15;/h8,10-12,14,22,24,26,29,33H,4-7,9,13,15-21,23,25H2,1-3H3,(H,38,43)(H,39,42,44);2-6,9-10,13,22,24H,7-8,11-12H2,1H3,(H,23,25,26);1H. The molecule has 3 aliphatic heterocycles. The smallest absolute Gasteiger partial charge is 0.250 e. The number of Topliss-reactive ketones (excluding diaryl/α,β-unsaturated/α-hetero) is 1. The van der Waals surface area contributed by atoms with E-state index in [4.69, 9.17) is 23.9 Å². The molecule has 408 valence electrons. The molecule has 5 N–H and O–H groups in total. The Labute approximate surface area is 452 Å². The zero-order valence-electron chi connectivity index (χ0n) is 44.2. The third-order valence-electron chi connectivity index (χ3n) is 14.2. The number of benzene rings is 3. The van der Waals surface area contributed by atoms with Gasteiger partial charge in [0.1, 0.15) is 24.4 Å². The Balaban J connectivity index is 0.000000282. The summed E-state index contributed by atoms with van der Waals surface area (Å²) in [5, 5.41) is 19.8. The number of H-pyrrole nitrogens is 1. The van der Waals surface area contributed by atoms with Crippen LogP contribution in [0.2, 0.25) is 0 Å². The van der Waals surface area contributed by atoms with Crippen LogP contribution in [0.3, 0.4) is 0 Å². The Morgan fingerprint density at radius 2 is 1.70 bits per heavy atom. The van der Waals surface area contributed by atoms with E-state index in [1.54, 1.807) is 49.5 Å². The molecule has 2 aromatic heterocycles. The summed E-state index contributed by atoms with van der Waals surface area (Å²) < 4.78 is 23.2. The predicted octanol–water partition coefficient (Wildman–Crippen LogP) is 8.44. The summed E-state index contributed by atoms with van der Waals surface area (Å²) in [5.41, 5.74) is 4.93. The molecule has 0 aliphatic carbocycles. The number of fused-ring (bicyclic) bond motifs is 1. The largest absolute Gasteiger partial charge is 0.494 e. The second-order valence-electron chi connectivity index (χ2n) is 19.5. The van der Waals surface area contributed by atoms with Crippen molar-refractivity contribution in [2.24, 2.45) is 5.92 Å². The number of piperidine rings is 2. The first kappa shape index (κ1) is 58.7. The Morgan fingerprint density at radius 3 is 2.46 bits per heavy atom. The summed E-state index contributed by atoms with van der Waals surface area (Å²) in [6.07, 6.45) is 12.3. The van der Waals surface area contributed by atoms with Crippen LogP contribution in [0.1, 0.15) is 129 Å². The van der Waals surface area contributed by atoms with E-state index in [-0.39, 0.29) is 61.0 Å². The summed E-state index contributed by atoms with van der Waals surface area (Å²) in [7, 11) is 1.75. The van der Waals surface area contributed by atoms with Crippen LogP contribution in [0.5, 0.6) is 11.5 Å². The number of unbranched alkanes of at least 4 members (excludes halogenated alkanes) is 2. The average Bonchev–Trinajstić information content (AvgIpc) is 3.94. The monoisotopic (exact) mass is 1060 g/mol. The van der Waals surface area contributed by atoms with Crippen molar-refractivity contribution in [3.63, 3.8) is 0 Å². The quantitative estimate of drug-likeness (QED) is 0.0160. The first-order valence-corrected chi connectivity index (χ1v) is 26.4. The summed E-state index contributed by atoms with van der Waals surface area (Å²) in [5.74, 6) is 3.57. The molecule has 5 aromatic rings. The molecule has 76 heavy (non-hydrogen) atoms. The van der Waals surface area contributed by atoms with Crippen molar-refractivity contribution in [2.75, 3.05) is 70.4 Å². The van der Waals surface area contributed by atoms with Crippen molar-refractivity contribution in [1.29, 1.82) is 0 Å². The minimum Gasteiger partial charge on any atom is -0.494 e. The highest BCUT2D eigenvalue weighted by Crippen LogP contribution is 2.41. The van der Waals surface area contributed by atoms with E-state index in [1.807, 2.05) is 48.5 Å². The fourth-order valence-electron chi connectivity index (χ4n) is 9.70. The number of aromatic nitrogens is 4. The number of ether oxygens (including phenoxy) is 4. The number of likely N-dealkylation sites (N-methyl/N-ethyl adjacent to an activating group) is 1. The summed E-state index contributed by atoms with van der Waals surface area (Å²) in [6.45, 7) is 11.0. The molecule has 0 spiro atoms. The van der Waals surface area contributed by atoms with Gasteiger partial charge in [0.25, 0.3) is 0 Å². The third-order valence-corrected chi connectivity index (χ3v) is 14.2. The summed E-state index contributed by atoms with van der Waals surface area (Å²) in [4.78, 5) is 70.5. The van der Waals surface area contributed by atoms with E-state index in [0.29, 0.717) is 79.3 Å². The van der Waals surface area contributed by atoms with Gasteiger partial charge in [0, 0.05) is 84.4 Å². The number of pyridine rings is 1. The molecule has 3 atom stereocenters. The number of aromatic amines is 1. The molecule has 5 heterocycles. The van der Waals surface area contributed by atoms with Crippen LogP contribution in [0.25, 0.3) is 11.4 Å². The van der Waals surface area contributed by atoms with Gasteiger partial charge in [-0.25, -0.2) is 4.98 Å². The lowest BCUT2D eigenvalue weighted by molar-refractivity contribution is -0.137. The first-order chi connectivity index (χ1) is 36.5. The SMILES string of the molecule is CC(=O)c1cccc(NC2(c3nc(-c4ccncc4)n[nH]3)CCNCC2)c1.CCC(C)C1CCOc2ccc(OCCCCCOCCCOCC(=O)Nc3cccc(C=O)c3CN(C)C3CCC(=O)NC3=O)cc21.Cl. The van der Waals surface area contributed by atoms with E-state index < -0.39 is 6.04 Å². The number of nitrogens with one attached hydrogen (secondary N) is 5. The molecule has 2 saturated heterocycles. The van der Waals surface area contributed by atoms with Crippen molar-refractivity contribution >= 4 is 53.6 Å². The molecule has 3 aliphatic rings. The number of nitrogens with zero attached hydrogens (tertiary/aromatic N) is 4. The number of ketones is 1. The number of carbonyl (C=O) groups excluding carboxylic acids is 5. The van der Waals surface area contributed by atoms with Gasteiger partial charge in [-0.15, -0.1) is 12.4 Å². The Morgan fingerprint density at radius 1 is 0.934 bits per heavy atom. The first-order valence-electron chi connectivity index (χ1n) is 26.4. The van der Waals surface area contributed by atoms with Crippen LogP contribution in [-0.4, -0.2) is 121 Å². The highest BCUT2D eigenvalue weighted by atomic mass is 35.5. The number of imide groups is 1. The van der Waals surface area contributed by atoms with Crippen LogP contribution in [-0.2, 0) is 35.9 Å². The van der Waals surface area contributed by atoms with E-state index >= 15 is 0 Å². The number of rotatable bonds is 25. The maximum Gasteiger partial charge on any atom is 0.250 e. The van der Waals surface area contributed by atoms with Gasteiger partial charge in [-0.3, -0.25) is 44.3 Å². The maximum atomic E-state index is 12.6. The highest BCUT2D eigenvalue weighted by molar-refractivity contribution is 6.00. The lowest BCUT2D eigenvalue weighted by Gasteiger charge is -2.37. The molecule has 18 nitrogen and oxygen atoms in total. The average molecular weight is 1060 g/mol. The van der Waals surface area contributed by atoms with Crippen LogP contribution in [0.4, 0.5) is 11.4 Å². The van der Waals surface area contributed by atoms with Crippen molar-refractivity contribution < 1.29 is 42.9 Å². The van der Waals surface area contributed by atoms with Gasteiger partial charge in [-0.1, -0.05) is 44.5 Å². The molecular weight excluding hydrogens is 990 g/mol. The van der Waals surface area contributed by atoms with Crippen LogP contribution in [0, 0.1) is 5.92 Å². The van der Waals surface area contributed by atoms with E-state index in [9.17, 15) is 24.0 Å². The summed E-state index contributed by atoms with van der Waals surface area (Å²) in [6, 6.07) is 22.2. The lowest BCUT2D eigenvalue weighted by Crippen LogP contribution is -2.51. The molecule has 3 aromatic carbocycles. The second kappa shape index (κ2) is 29.7. The number of hydrogen-bond acceptors (Lipinski definition) is 15. The molecule has 0 bridgehead atoms. The third kappa shape index (κ3) is 16.5. The topological polar surface area (TPSA) is 228 Å². The van der Waals surface area contributed by atoms with Gasteiger partial charge in [-0.2, -0.15) is 5.10 Å². The van der Waals surface area contributed by atoms with Gasteiger partial charge in [0.2, 0.25) is 17.7 Å². The predicted molar refractivity (Wildman–Crippen MR) is 293 cm³/mol. The molecule has 19 heteroatoms. The minimum atomic E-state index is -0.505. The van der Waals surface area contributed by atoms with Gasteiger partial charge < -0.3 is 34.9 Å². The zero-order valence-corrected chi connectivity index (χ0v) is 45.0. The number of anilines is 2. The van der Waals surface area contributed by atoms with Gasteiger partial charge in [0.15, 0.2) is 17.4 Å². The van der Waals surface area contributed by atoms with Crippen molar-refractivity contribution in [3.8, 4) is 22.9 Å². The maximum absolute atomic E-state index is 12.6. The fraction of sp³-hybridized carbons (Fsp3) is 0.474. The number of halogens is 1. The molecule has 8 rings (SSSR count). The normalized spacial score (nSPS) is 17.1. The number of amides is 3. The van der Waals surface area contributed by atoms with Crippen molar-refractivity contribution in [2.45, 2.75) is 109 Å². The molecular formula is C57H74ClN9O9. The molecule has 0 saturated carbocycles. The summed E-state index contributed by atoms with van der Waals surface area (Å²) >= 11 is 0. The van der Waals surface area contributed by atoms with Crippen LogP contribution >= 0.6 is 12.4 Å². The zero-order chi connectivity index (χ0) is 53.0. The van der Waals surface area contributed by atoms with Crippen molar-refractivity contribution in [3.05, 3.63) is 113 Å². The number of hydrogen-bond donors (Lipinski definition) is 5. The molecule has 2 fully saturated rings. The number of aldehydes is 1. The van der Waals surface area contributed by atoms with E-state index in [0.717, 1.165) is 99.5 Å². The van der Waals surface area contributed by atoms with Crippen LogP contribution in [0.15, 0.2) is 85.2 Å². The van der Waals surface area contributed by atoms with Gasteiger partial charge in [-0.05, 0) is 139 Å². The second-order valence-corrected chi connectivity index (χ2v) is 19.5. The highest BCUT2D eigenvalue weighted by Gasteiger charge is 2.38. The Hall–Kier alpha value is -6.57. The Bertz CT molecular complexity index is 2680. The van der Waals surface area contributed by atoms with Crippen molar-refractivity contribution in [1.82, 2.24) is 35.7 Å². The molecule has 3 amide bonds. The van der Waals surface area contributed by atoms with E-state index in [2.05, 4.69) is 56.4 Å². The lowest BCUT2D eigenvalue weighted by atomic mass is 9.82. The molecule has 3 unspecified atom stereocenters. The van der Waals surface area contributed by atoms with Gasteiger partial charge in [0.05, 0.1) is 24.8 Å². The van der Waals surface area contributed by atoms with E-state index in [1.165, 1.54) is 5.56 Å². The minimum absolute atomic E-state index is 0. The fourth-order valence-corrected chi connectivity index (χ4v) is 9.70. The molecule has 0 radical (unpaired) electrons. The van der Waals surface area contributed by atoms with Crippen LogP contribution < -0.4 is 30.7 Å². The van der Waals surface area contributed by atoms with Gasteiger partial charge >= 0.3 is 0 Å². The Kier molecular flexibility index (Phi) is 22.9.